The molecule has 0 fully saturated rings. The van der Waals surface area contributed by atoms with Crippen molar-refractivity contribution in [1.29, 1.82) is 0 Å². The maximum absolute atomic E-state index is 9.04. The Hall–Kier alpha value is -1.10. The van der Waals surface area contributed by atoms with Crippen molar-refractivity contribution in [2.75, 3.05) is 0 Å². The fraction of sp³-hybridized carbons (Fsp3) is 0.200. The first-order valence-electron chi connectivity index (χ1n) is 4.59. The molecular formula is C10H9Cl2N3O. The van der Waals surface area contributed by atoms with E-state index in [-0.39, 0.29) is 6.61 Å². The molecule has 0 unspecified atom stereocenters. The predicted octanol–water partition coefficient (Wildman–Crippen LogP) is 2.37. The number of nitrogens with zero attached hydrogens (tertiary/aromatic N) is 3. The van der Waals surface area contributed by atoms with Crippen LogP contribution < -0.4 is 0 Å². The molecular weight excluding hydrogens is 249 g/mol. The molecule has 2 aromatic rings. The second-order valence-electron chi connectivity index (χ2n) is 3.33. The van der Waals surface area contributed by atoms with Crippen molar-refractivity contribution in [2.45, 2.75) is 13.5 Å². The van der Waals surface area contributed by atoms with Gasteiger partial charge >= 0.3 is 0 Å². The van der Waals surface area contributed by atoms with Crippen LogP contribution >= 0.6 is 23.2 Å². The molecule has 84 valence electrons. The minimum atomic E-state index is -0.104. The van der Waals surface area contributed by atoms with Crippen LogP contribution in [0.4, 0.5) is 0 Å². The standard InChI is InChI=1S/C10H9Cl2N3O/c1-6-4-15(14-8(6)5-16)10-3-7(11)2-9(12)13-10/h2-4,16H,5H2,1H3. The summed E-state index contributed by atoms with van der Waals surface area (Å²) < 4.78 is 1.54. The normalized spacial score (nSPS) is 10.8. The first-order valence-corrected chi connectivity index (χ1v) is 5.35. The Morgan fingerprint density at radius 1 is 1.38 bits per heavy atom. The van der Waals surface area contributed by atoms with Gasteiger partial charge in [0.1, 0.15) is 5.15 Å². The van der Waals surface area contributed by atoms with Gasteiger partial charge in [0.2, 0.25) is 0 Å². The van der Waals surface area contributed by atoms with Crippen LogP contribution in [0.5, 0.6) is 0 Å². The van der Waals surface area contributed by atoms with Crippen molar-refractivity contribution in [2.24, 2.45) is 0 Å². The molecule has 0 aliphatic carbocycles. The van der Waals surface area contributed by atoms with Gasteiger partial charge < -0.3 is 5.11 Å². The van der Waals surface area contributed by atoms with Crippen molar-refractivity contribution in [3.63, 3.8) is 0 Å². The number of hydrogen-bond donors (Lipinski definition) is 1. The molecule has 2 aromatic heterocycles. The molecule has 2 heterocycles. The zero-order valence-corrected chi connectivity index (χ0v) is 10.00. The molecule has 0 aromatic carbocycles. The summed E-state index contributed by atoms with van der Waals surface area (Å²) in [5, 5.41) is 14.0. The van der Waals surface area contributed by atoms with Crippen molar-refractivity contribution in [1.82, 2.24) is 14.8 Å². The van der Waals surface area contributed by atoms with Gasteiger partial charge in [-0.1, -0.05) is 23.2 Å². The summed E-state index contributed by atoms with van der Waals surface area (Å²) in [6.07, 6.45) is 1.76. The molecule has 4 nitrogen and oxygen atoms in total. The van der Waals surface area contributed by atoms with E-state index in [2.05, 4.69) is 10.1 Å². The van der Waals surface area contributed by atoms with Gasteiger partial charge in [-0.25, -0.2) is 9.67 Å². The van der Waals surface area contributed by atoms with E-state index in [0.29, 0.717) is 21.7 Å². The summed E-state index contributed by atoms with van der Waals surface area (Å²) in [5.41, 5.74) is 1.50. The molecule has 16 heavy (non-hydrogen) atoms. The summed E-state index contributed by atoms with van der Waals surface area (Å²) in [6.45, 7) is 1.76. The van der Waals surface area contributed by atoms with Gasteiger partial charge in [0.15, 0.2) is 5.82 Å². The zero-order chi connectivity index (χ0) is 11.7. The summed E-state index contributed by atoms with van der Waals surface area (Å²) in [6, 6.07) is 3.21. The molecule has 0 aliphatic heterocycles. The van der Waals surface area contributed by atoms with E-state index >= 15 is 0 Å². The molecule has 0 atom stereocenters. The lowest BCUT2D eigenvalue weighted by Gasteiger charge is -2.01. The average molecular weight is 258 g/mol. The van der Waals surface area contributed by atoms with Crippen molar-refractivity contribution < 1.29 is 5.11 Å². The molecule has 0 saturated carbocycles. The molecule has 2 rings (SSSR count). The van der Waals surface area contributed by atoms with Crippen LogP contribution in [0.15, 0.2) is 18.3 Å². The zero-order valence-electron chi connectivity index (χ0n) is 8.48. The van der Waals surface area contributed by atoms with Crippen LogP contribution in [0.1, 0.15) is 11.3 Å². The summed E-state index contributed by atoms with van der Waals surface area (Å²) in [5.74, 6) is 0.528. The Bertz CT molecular complexity index is 505. The smallest absolute Gasteiger partial charge is 0.156 e. The number of rotatable bonds is 2. The lowest BCUT2D eigenvalue weighted by Crippen LogP contribution is -1.99. The number of pyridine rings is 1. The predicted molar refractivity (Wildman–Crippen MR) is 62.0 cm³/mol. The lowest BCUT2D eigenvalue weighted by molar-refractivity contribution is 0.275. The van der Waals surface area contributed by atoms with Gasteiger partial charge in [0, 0.05) is 17.3 Å². The third-order valence-corrected chi connectivity index (χ3v) is 2.54. The maximum Gasteiger partial charge on any atom is 0.156 e. The topological polar surface area (TPSA) is 50.9 Å². The highest BCUT2D eigenvalue weighted by molar-refractivity contribution is 6.34. The third kappa shape index (κ3) is 2.19. The van der Waals surface area contributed by atoms with Crippen molar-refractivity contribution in [3.8, 4) is 5.82 Å². The Kier molecular flexibility index (Phi) is 3.14. The minimum absolute atomic E-state index is 0.104. The van der Waals surface area contributed by atoms with E-state index in [4.69, 9.17) is 28.3 Å². The molecule has 0 saturated heterocycles. The fourth-order valence-corrected chi connectivity index (χ4v) is 1.80. The molecule has 0 radical (unpaired) electrons. The van der Waals surface area contributed by atoms with Crippen LogP contribution in [0.3, 0.4) is 0 Å². The van der Waals surface area contributed by atoms with Gasteiger partial charge in [-0.2, -0.15) is 5.10 Å². The van der Waals surface area contributed by atoms with Gasteiger partial charge in [0.05, 0.1) is 12.3 Å². The average Bonchev–Trinajstić information content (AvgIpc) is 2.58. The van der Waals surface area contributed by atoms with E-state index < -0.39 is 0 Å². The first-order chi connectivity index (χ1) is 7.60. The molecule has 0 spiro atoms. The van der Waals surface area contributed by atoms with Crippen molar-refractivity contribution in [3.05, 3.63) is 39.8 Å². The van der Waals surface area contributed by atoms with Gasteiger partial charge in [0.25, 0.3) is 0 Å². The lowest BCUT2D eigenvalue weighted by atomic mass is 10.3. The molecule has 1 N–H and O–H groups in total. The monoisotopic (exact) mass is 257 g/mol. The summed E-state index contributed by atoms with van der Waals surface area (Å²) in [4.78, 5) is 4.09. The van der Waals surface area contributed by atoms with Gasteiger partial charge in [-0.05, 0) is 18.6 Å². The van der Waals surface area contributed by atoms with E-state index in [9.17, 15) is 0 Å². The first kappa shape index (κ1) is 11.4. The van der Waals surface area contributed by atoms with Crippen LogP contribution in [-0.2, 0) is 6.61 Å². The van der Waals surface area contributed by atoms with E-state index in [0.717, 1.165) is 5.56 Å². The second-order valence-corrected chi connectivity index (χ2v) is 4.15. The van der Waals surface area contributed by atoms with Crippen LogP contribution in [0, 0.1) is 6.92 Å². The van der Waals surface area contributed by atoms with Crippen LogP contribution in [0.25, 0.3) is 5.82 Å². The Balaban J connectivity index is 2.49. The minimum Gasteiger partial charge on any atom is -0.390 e. The molecule has 0 amide bonds. The summed E-state index contributed by atoms with van der Waals surface area (Å²) in [7, 11) is 0. The number of aliphatic hydroxyl groups is 1. The summed E-state index contributed by atoms with van der Waals surface area (Å²) >= 11 is 11.7. The largest absolute Gasteiger partial charge is 0.390 e. The highest BCUT2D eigenvalue weighted by atomic mass is 35.5. The van der Waals surface area contributed by atoms with Crippen LogP contribution in [0.2, 0.25) is 10.2 Å². The number of halogens is 2. The fourth-order valence-electron chi connectivity index (χ4n) is 1.34. The molecule has 0 aliphatic rings. The van der Waals surface area contributed by atoms with Gasteiger partial charge in [-0.15, -0.1) is 0 Å². The quantitative estimate of drug-likeness (QED) is 0.841. The molecule has 0 bridgehead atoms. The highest BCUT2D eigenvalue weighted by Gasteiger charge is 2.07. The van der Waals surface area contributed by atoms with Crippen LogP contribution in [-0.4, -0.2) is 19.9 Å². The van der Waals surface area contributed by atoms with Crippen molar-refractivity contribution >= 4 is 23.2 Å². The Labute approximate surface area is 102 Å². The second kappa shape index (κ2) is 4.41. The van der Waals surface area contributed by atoms with E-state index in [1.807, 2.05) is 6.92 Å². The van der Waals surface area contributed by atoms with Gasteiger partial charge in [-0.3, -0.25) is 0 Å². The Morgan fingerprint density at radius 3 is 2.69 bits per heavy atom. The highest BCUT2D eigenvalue weighted by Crippen LogP contribution is 2.18. The maximum atomic E-state index is 9.04. The van der Waals surface area contributed by atoms with E-state index in [1.165, 1.54) is 0 Å². The SMILES string of the molecule is Cc1cn(-c2cc(Cl)cc(Cl)n2)nc1CO. The number of aryl methyl sites for hydroxylation is 1. The van der Waals surface area contributed by atoms with E-state index in [1.54, 1.807) is 23.0 Å². The molecule has 6 heteroatoms. The Morgan fingerprint density at radius 2 is 2.12 bits per heavy atom. The number of aromatic nitrogens is 3. The number of hydrogen-bond acceptors (Lipinski definition) is 3. The third-order valence-electron chi connectivity index (χ3n) is 2.13. The number of aliphatic hydroxyl groups excluding tert-OH is 1.